The van der Waals surface area contributed by atoms with E-state index >= 15 is 0 Å². The molecule has 1 N–H and O–H groups in total. The second kappa shape index (κ2) is 8.38. The average Bonchev–Trinajstić information content (AvgIpc) is 3.23. The molecule has 0 bridgehead atoms. The van der Waals surface area contributed by atoms with Gasteiger partial charge in [-0.2, -0.15) is 0 Å². The number of piperidine rings is 1. The zero-order chi connectivity index (χ0) is 18.4. The molecule has 1 aromatic heterocycles. The summed E-state index contributed by atoms with van der Waals surface area (Å²) in [5.41, 5.74) is 0.924. The van der Waals surface area contributed by atoms with Crippen LogP contribution in [0.4, 0.5) is 0 Å². The van der Waals surface area contributed by atoms with Crippen molar-refractivity contribution in [2.75, 3.05) is 20.2 Å². The number of ether oxygens (including phenoxy) is 1. The Bertz CT molecular complexity index is 790. The SMILES string of the molecule is COc1ccccc1C=C(NC(=O)c1ccco1)C(=O)N1CCCCC1. The molecule has 1 fully saturated rings. The van der Waals surface area contributed by atoms with Crippen LogP contribution in [0.25, 0.3) is 6.08 Å². The van der Waals surface area contributed by atoms with Crippen molar-refractivity contribution in [3.05, 3.63) is 59.7 Å². The molecule has 0 aliphatic carbocycles. The number of rotatable bonds is 5. The van der Waals surface area contributed by atoms with Crippen molar-refractivity contribution in [3.8, 4) is 5.75 Å². The lowest BCUT2D eigenvalue weighted by molar-refractivity contribution is -0.128. The Balaban J connectivity index is 1.91. The summed E-state index contributed by atoms with van der Waals surface area (Å²) < 4.78 is 10.5. The lowest BCUT2D eigenvalue weighted by atomic mass is 10.1. The van der Waals surface area contributed by atoms with Crippen LogP contribution in [-0.4, -0.2) is 36.9 Å². The van der Waals surface area contributed by atoms with Gasteiger partial charge in [-0.1, -0.05) is 18.2 Å². The predicted octanol–water partition coefficient (Wildman–Crippen LogP) is 3.07. The number of hydrogen-bond acceptors (Lipinski definition) is 4. The lowest BCUT2D eigenvalue weighted by Crippen LogP contribution is -2.41. The minimum absolute atomic E-state index is 0.155. The van der Waals surface area contributed by atoms with Crippen LogP contribution < -0.4 is 10.1 Å². The van der Waals surface area contributed by atoms with Crippen molar-refractivity contribution in [2.24, 2.45) is 0 Å². The van der Waals surface area contributed by atoms with E-state index in [9.17, 15) is 9.59 Å². The number of para-hydroxylation sites is 1. The summed E-state index contributed by atoms with van der Waals surface area (Å²) in [7, 11) is 1.57. The molecule has 0 atom stereocenters. The molecule has 136 valence electrons. The zero-order valence-corrected chi connectivity index (χ0v) is 14.7. The number of amides is 2. The topological polar surface area (TPSA) is 71.8 Å². The number of hydrogen-bond donors (Lipinski definition) is 1. The molecule has 2 aromatic rings. The largest absolute Gasteiger partial charge is 0.496 e. The van der Waals surface area contributed by atoms with E-state index in [0.717, 1.165) is 24.8 Å². The molecule has 1 aliphatic heterocycles. The number of carbonyl (C=O) groups is 2. The van der Waals surface area contributed by atoms with E-state index in [1.54, 1.807) is 30.2 Å². The normalized spacial score (nSPS) is 14.8. The van der Waals surface area contributed by atoms with Gasteiger partial charge in [0.15, 0.2) is 5.76 Å². The van der Waals surface area contributed by atoms with E-state index < -0.39 is 5.91 Å². The average molecular weight is 354 g/mol. The van der Waals surface area contributed by atoms with Crippen LogP contribution in [0.2, 0.25) is 0 Å². The summed E-state index contributed by atoms with van der Waals surface area (Å²) in [6.07, 6.45) is 6.13. The fourth-order valence-electron chi connectivity index (χ4n) is 2.95. The Kier molecular flexibility index (Phi) is 5.73. The number of nitrogens with zero attached hydrogens (tertiary/aromatic N) is 1. The van der Waals surface area contributed by atoms with Crippen LogP contribution in [0.5, 0.6) is 5.75 Å². The first-order valence-electron chi connectivity index (χ1n) is 8.68. The van der Waals surface area contributed by atoms with Crippen LogP contribution >= 0.6 is 0 Å². The molecule has 2 amide bonds. The maximum Gasteiger partial charge on any atom is 0.291 e. The van der Waals surface area contributed by atoms with Gasteiger partial charge in [0.1, 0.15) is 11.4 Å². The summed E-state index contributed by atoms with van der Waals surface area (Å²) >= 11 is 0. The highest BCUT2D eigenvalue weighted by atomic mass is 16.5. The molecule has 1 saturated heterocycles. The first-order chi connectivity index (χ1) is 12.7. The monoisotopic (exact) mass is 354 g/mol. The maximum atomic E-state index is 13.0. The van der Waals surface area contributed by atoms with E-state index in [0.29, 0.717) is 18.8 Å². The Morgan fingerprint density at radius 2 is 1.88 bits per heavy atom. The van der Waals surface area contributed by atoms with Crippen LogP contribution in [0.1, 0.15) is 35.4 Å². The second-order valence-corrected chi connectivity index (χ2v) is 6.08. The van der Waals surface area contributed by atoms with E-state index in [1.165, 1.54) is 6.26 Å². The summed E-state index contributed by atoms with van der Waals surface area (Å²) in [5, 5.41) is 2.70. The quantitative estimate of drug-likeness (QED) is 0.838. The molecule has 1 aliphatic rings. The predicted molar refractivity (Wildman–Crippen MR) is 97.6 cm³/mol. The van der Waals surface area contributed by atoms with Crippen LogP contribution in [0, 0.1) is 0 Å². The van der Waals surface area contributed by atoms with Gasteiger partial charge in [-0.15, -0.1) is 0 Å². The van der Waals surface area contributed by atoms with Crippen molar-refractivity contribution in [2.45, 2.75) is 19.3 Å². The number of benzene rings is 1. The third kappa shape index (κ3) is 4.14. The van der Waals surface area contributed by atoms with Gasteiger partial charge >= 0.3 is 0 Å². The summed E-state index contributed by atoms with van der Waals surface area (Å²) in [5.74, 6) is 0.128. The van der Waals surface area contributed by atoms with Gasteiger partial charge in [0.05, 0.1) is 13.4 Å². The van der Waals surface area contributed by atoms with E-state index in [-0.39, 0.29) is 17.4 Å². The van der Waals surface area contributed by atoms with Gasteiger partial charge in [-0.3, -0.25) is 9.59 Å². The summed E-state index contributed by atoms with van der Waals surface area (Å²) in [6, 6.07) is 10.5. The molecular formula is C20H22N2O4. The van der Waals surface area contributed by atoms with E-state index in [2.05, 4.69) is 5.32 Å². The Morgan fingerprint density at radius 1 is 1.12 bits per heavy atom. The highest BCUT2D eigenvalue weighted by Gasteiger charge is 2.23. The maximum absolute atomic E-state index is 13.0. The molecule has 0 spiro atoms. The minimum Gasteiger partial charge on any atom is -0.496 e. The zero-order valence-electron chi connectivity index (χ0n) is 14.7. The first-order valence-corrected chi connectivity index (χ1v) is 8.68. The summed E-state index contributed by atoms with van der Waals surface area (Å²) in [4.78, 5) is 27.2. The smallest absolute Gasteiger partial charge is 0.291 e. The van der Waals surface area contributed by atoms with Crippen molar-refractivity contribution >= 4 is 17.9 Å². The molecule has 0 unspecified atom stereocenters. The molecule has 0 saturated carbocycles. The molecule has 26 heavy (non-hydrogen) atoms. The highest BCUT2D eigenvalue weighted by Crippen LogP contribution is 2.21. The van der Waals surface area contributed by atoms with Crippen LogP contribution in [0.15, 0.2) is 52.8 Å². The second-order valence-electron chi connectivity index (χ2n) is 6.08. The number of nitrogens with one attached hydrogen (secondary N) is 1. The highest BCUT2D eigenvalue weighted by molar-refractivity contribution is 6.04. The fourth-order valence-corrected chi connectivity index (χ4v) is 2.95. The number of furan rings is 1. The van der Waals surface area contributed by atoms with Gasteiger partial charge in [0.2, 0.25) is 0 Å². The van der Waals surface area contributed by atoms with Gasteiger partial charge in [0.25, 0.3) is 11.8 Å². The van der Waals surface area contributed by atoms with Crippen molar-refractivity contribution in [3.63, 3.8) is 0 Å². The molecule has 6 nitrogen and oxygen atoms in total. The van der Waals surface area contributed by atoms with Crippen LogP contribution in [0.3, 0.4) is 0 Å². The molecule has 3 rings (SSSR count). The minimum atomic E-state index is -0.457. The van der Waals surface area contributed by atoms with Crippen LogP contribution in [-0.2, 0) is 4.79 Å². The van der Waals surface area contributed by atoms with Gasteiger partial charge in [-0.05, 0) is 43.5 Å². The Hall–Kier alpha value is -3.02. The Labute approximate surface area is 152 Å². The van der Waals surface area contributed by atoms with Gasteiger partial charge in [0, 0.05) is 18.7 Å². The van der Waals surface area contributed by atoms with Gasteiger partial charge < -0.3 is 19.4 Å². The number of likely N-dealkylation sites (tertiary alicyclic amines) is 1. The molecular weight excluding hydrogens is 332 g/mol. The van der Waals surface area contributed by atoms with Crippen molar-refractivity contribution in [1.82, 2.24) is 10.2 Å². The number of methoxy groups -OCH3 is 1. The molecule has 0 radical (unpaired) electrons. The van der Waals surface area contributed by atoms with E-state index in [1.807, 2.05) is 24.3 Å². The fraction of sp³-hybridized carbons (Fsp3) is 0.300. The first kappa shape index (κ1) is 17.8. The molecule has 2 heterocycles. The van der Waals surface area contributed by atoms with Gasteiger partial charge in [-0.25, -0.2) is 0 Å². The van der Waals surface area contributed by atoms with Crippen molar-refractivity contribution in [1.29, 1.82) is 0 Å². The van der Waals surface area contributed by atoms with Crippen molar-refractivity contribution < 1.29 is 18.7 Å². The summed E-state index contributed by atoms with van der Waals surface area (Å²) in [6.45, 7) is 1.39. The third-order valence-corrected chi connectivity index (χ3v) is 4.31. The number of carbonyl (C=O) groups excluding carboxylic acids is 2. The third-order valence-electron chi connectivity index (χ3n) is 4.31. The lowest BCUT2D eigenvalue weighted by Gasteiger charge is -2.27. The standard InChI is InChI=1S/C20H22N2O4/c1-25-17-9-4-3-8-15(17)14-16(20(24)22-11-5-2-6-12-22)21-19(23)18-10-7-13-26-18/h3-4,7-10,13-14H,2,5-6,11-12H2,1H3,(H,21,23). The molecule has 1 aromatic carbocycles. The molecule has 6 heteroatoms. The Morgan fingerprint density at radius 3 is 2.58 bits per heavy atom. The van der Waals surface area contributed by atoms with E-state index in [4.69, 9.17) is 9.15 Å².